The van der Waals surface area contributed by atoms with Crippen LogP contribution in [-0.2, 0) is 25.6 Å². The molecule has 2 rings (SSSR count). The zero-order valence-electron chi connectivity index (χ0n) is 17.1. The molecule has 0 radical (unpaired) electrons. The van der Waals surface area contributed by atoms with E-state index < -0.39 is 29.4 Å². The normalized spacial score (nSPS) is 17.7. The Hall–Kier alpha value is -2.12. The van der Waals surface area contributed by atoms with Crippen molar-refractivity contribution in [1.29, 1.82) is 0 Å². The second kappa shape index (κ2) is 9.39. The number of carbonyl (C=O) groups excluding carboxylic acids is 2. The number of benzene rings is 1. The third-order valence-corrected chi connectivity index (χ3v) is 4.53. The fourth-order valence-electron chi connectivity index (χ4n) is 3.08. The third-order valence-electron chi connectivity index (χ3n) is 4.53. The molecule has 1 heterocycles. The molecule has 156 valence electrons. The van der Waals surface area contributed by atoms with Gasteiger partial charge in [-0.15, -0.1) is 0 Å². The third kappa shape index (κ3) is 6.21. The zero-order valence-corrected chi connectivity index (χ0v) is 17.1. The fourth-order valence-corrected chi connectivity index (χ4v) is 3.08. The van der Waals surface area contributed by atoms with Crippen LogP contribution in [-0.4, -0.2) is 59.1 Å². The van der Waals surface area contributed by atoms with E-state index in [2.05, 4.69) is 0 Å². The van der Waals surface area contributed by atoms with E-state index in [1.54, 1.807) is 32.6 Å². The number of likely N-dealkylation sites (tertiary alicyclic amines) is 1. The van der Waals surface area contributed by atoms with Gasteiger partial charge in [-0.05, 0) is 46.1 Å². The number of esters is 1. The van der Waals surface area contributed by atoms with E-state index in [0.717, 1.165) is 5.56 Å². The Labute approximate surface area is 166 Å². The molecule has 1 aliphatic rings. The summed E-state index contributed by atoms with van der Waals surface area (Å²) in [4.78, 5) is 26.2. The lowest BCUT2D eigenvalue weighted by atomic mass is 9.85. The first kappa shape index (κ1) is 22.2. The summed E-state index contributed by atoms with van der Waals surface area (Å²) in [5, 5.41) is 11.1. The lowest BCUT2D eigenvalue weighted by Crippen LogP contribution is -2.56. The summed E-state index contributed by atoms with van der Waals surface area (Å²) in [6, 6.07) is 9.43. The minimum Gasteiger partial charge on any atom is -0.464 e. The number of piperidine rings is 1. The average molecular weight is 393 g/mol. The molecule has 28 heavy (non-hydrogen) atoms. The van der Waals surface area contributed by atoms with Gasteiger partial charge in [-0.2, -0.15) is 0 Å². The first-order valence-corrected chi connectivity index (χ1v) is 9.67. The van der Waals surface area contributed by atoms with Crippen molar-refractivity contribution in [2.24, 2.45) is 0 Å². The van der Waals surface area contributed by atoms with E-state index in [1.807, 2.05) is 30.3 Å². The predicted octanol–water partition coefficient (Wildman–Crippen LogP) is 2.90. The summed E-state index contributed by atoms with van der Waals surface area (Å²) >= 11 is 0. The second-order valence-electron chi connectivity index (χ2n) is 8.00. The average Bonchev–Trinajstić information content (AvgIpc) is 2.62. The first-order chi connectivity index (χ1) is 13.1. The molecule has 0 aliphatic carbocycles. The highest BCUT2D eigenvalue weighted by Crippen LogP contribution is 2.30. The highest BCUT2D eigenvalue weighted by molar-refractivity contribution is 5.76. The highest BCUT2D eigenvalue weighted by atomic mass is 16.6. The zero-order chi connectivity index (χ0) is 20.8. The Morgan fingerprint density at radius 3 is 2.32 bits per heavy atom. The van der Waals surface area contributed by atoms with Gasteiger partial charge in [0.15, 0.2) is 6.10 Å². The molecule has 7 heteroatoms. The van der Waals surface area contributed by atoms with Crippen LogP contribution < -0.4 is 0 Å². The molecule has 1 aromatic carbocycles. The van der Waals surface area contributed by atoms with Crippen LogP contribution in [0.3, 0.4) is 0 Å². The smallest absolute Gasteiger partial charge is 0.410 e. The van der Waals surface area contributed by atoms with Crippen LogP contribution in [0.2, 0.25) is 0 Å². The molecular formula is C21H31NO6. The molecule has 1 fully saturated rings. The van der Waals surface area contributed by atoms with Gasteiger partial charge < -0.3 is 24.2 Å². The second-order valence-corrected chi connectivity index (χ2v) is 8.00. The van der Waals surface area contributed by atoms with Gasteiger partial charge in [0.2, 0.25) is 0 Å². The minimum absolute atomic E-state index is 0.183. The summed E-state index contributed by atoms with van der Waals surface area (Å²) in [5.41, 5.74) is -1.09. The minimum atomic E-state index is -1.40. The van der Waals surface area contributed by atoms with Gasteiger partial charge in [-0.25, -0.2) is 9.59 Å². The SMILES string of the molecule is CCOC(=O)[C@@H](OCc1ccccc1)C1(O)CCN(C(=O)OC(C)(C)C)CC1. The number of amides is 1. The molecule has 1 N–H and O–H groups in total. The molecule has 1 amide bonds. The molecule has 7 nitrogen and oxygen atoms in total. The molecule has 0 bridgehead atoms. The van der Waals surface area contributed by atoms with Crippen molar-refractivity contribution in [3.63, 3.8) is 0 Å². The lowest BCUT2D eigenvalue weighted by Gasteiger charge is -2.41. The van der Waals surface area contributed by atoms with Crippen LogP contribution in [0.1, 0.15) is 46.1 Å². The molecule has 0 unspecified atom stereocenters. The maximum absolute atomic E-state index is 12.5. The maximum atomic E-state index is 12.5. The lowest BCUT2D eigenvalue weighted by molar-refractivity contribution is -0.185. The van der Waals surface area contributed by atoms with Gasteiger partial charge in [-0.3, -0.25) is 0 Å². The van der Waals surface area contributed by atoms with E-state index in [1.165, 1.54) is 0 Å². The molecular weight excluding hydrogens is 362 g/mol. The quantitative estimate of drug-likeness (QED) is 0.748. The summed E-state index contributed by atoms with van der Waals surface area (Å²) in [6.07, 6.45) is -1.14. The number of hydrogen-bond acceptors (Lipinski definition) is 6. The number of aliphatic hydroxyl groups is 1. The van der Waals surface area contributed by atoms with Crippen molar-refractivity contribution in [2.75, 3.05) is 19.7 Å². The van der Waals surface area contributed by atoms with Gasteiger partial charge in [-0.1, -0.05) is 30.3 Å². The Morgan fingerprint density at radius 1 is 1.18 bits per heavy atom. The number of nitrogens with zero attached hydrogens (tertiary/aromatic N) is 1. The number of rotatable bonds is 6. The van der Waals surface area contributed by atoms with Gasteiger partial charge in [0.05, 0.1) is 13.2 Å². The van der Waals surface area contributed by atoms with Crippen LogP contribution in [0.5, 0.6) is 0 Å². The number of ether oxygens (including phenoxy) is 3. The molecule has 0 spiro atoms. The Balaban J connectivity index is 2.04. The summed E-state index contributed by atoms with van der Waals surface area (Å²) in [6.45, 7) is 8.05. The summed E-state index contributed by atoms with van der Waals surface area (Å²) in [5.74, 6) is -0.591. The molecule has 1 aliphatic heterocycles. The van der Waals surface area contributed by atoms with Gasteiger partial charge >= 0.3 is 12.1 Å². The van der Waals surface area contributed by atoms with Crippen molar-refractivity contribution in [1.82, 2.24) is 4.90 Å². The Bertz CT molecular complexity index is 647. The predicted molar refractivity (Wildman–Crippen MR) is 104 cm³/mol. The monoisotopic (exact) mass is 393 g/mol. The van der Waals surface area contributed by atoms with Crippen molar-refractivity contribution < 1.29 is 28.9 Å². The van der Waals surface area contributed by atoms with E-state index in [9.17, 15) is 14.7 Å². The number of carbonyl (C=O) groups is 2. The van der Waals surface area contributed by atoms with Crippen LogP contribution in [0, 0.1) is 0 Å². The topological polar surface area (TPSA) is 85.3 Å². The Morgan fingerprint density at radius 2 is 1.79 bits per heavy atom. The van der Waals surface area contributed by atoms with E-state index >= 15 is 0 Å². The fraction of sp³-hybridized carbons (Fsp3) is 0.619. The van der Waals surface area contributed by atoms with Crippen molar-refractivity contribution >= 4 is 12.1 Å². The van der Waals surface area contributed by atoms with E-state index in [4.69, 9.17) is 14.2 Å². The van der Waals surface area contributed by atoms with Crippen LogP contribution in [0.4, 0.5) is 4.79 Å². The molecule has 1 saturated heterocycles. The number of hydrogen-bond donors (Lipinski definition) is 1. The van der Waals surface area contributed by atoms with Gasteiger partial charge in [0.1, 0.15) is 11.2 Å². The van der Waals surface area contributed by atoms with Crippen LogP contribution in [0.25, 0.3) is 0 Å². The van der Waals surface area contributed by atoms with Crippen molar-refractivity contribution in [3.05, 3.63) is 35.9 Å². The summed E-state index contributed by atoms with van der Waals surface area (Å²) < 4.78 is 16.3. The van der Waals surface area contributed by atoms with Crippen LogP contribution >= 0.6 is 0 Å². The first-order valence-electron chi connectivity index (χ1n) is 9.67. The van der Waals surface area contributed by atoms with Crippen molar-refractivity contribution in [3.8, 4) is 0 Å². The summed E-state index contributed by atoms with van der Waals surface area (Å²) in [7, 11) is 0. The van der Waals surface area contributed by atoms with Crippen molar-refractivity contribution in [2.45, 2.75) is 64.4 Å². The van der Waals surface area contributed by atoms with E-state index in [0.29, 0.717) is 0 Å². The van der Waals surface area contributed by atoms with E-state index in [-0.39, 0.29) is 39.1 Å². The molecule has 1 aromatic rings. The van der Waals surface area contributed by atoms with Gasteiger partial charge in [0.25, 0.3) is 0 Å². The molecule has 0 aromatic heterocycles. The van der Waals surface area contributed by atoms with Crippen LogP contribution in [0.15, 0.2) is 30.3 Å². The largest absolute Gasteiger partial charge is 0.464 e. The standard InChI is InChI=1S/C21H31NO6/c1-5-26-18(23)17(27-15-16-9-7-6-8-10-16)21(25)11-13-22(14-12-21)19(24)28-20(2,3)4/h6-10,17,25H,5,11-15H2,1-4H3/t17-/m1/s1. The highest BCUT2D eigenvalue weighted by Gasteiger charge is 2.46. The van der Waals surface area contributed by atoms with Gasteiger partial charge in [0, 0.05) is 13.1 Å². The molecule has 1 atom stereocenters. The Kier molecular flexibility index (Phi) is 7.43. The molecule has 0 saturated carbocycles. The maximum Gasteiger partial charge on any atom is 0.410 e.